The predicted molar refractivity (Wildman–Crippen MR) is 92.7 cm³/mol. The lowest BCUT2D eigenvalue weighted by Gasteiger charge is -1.99. The van der Waals surface area contributed by atoms with Crippen molar-refractivity contribution in [1.82, 2.24) is 4.98 Å². The molecule has 11 nitrogen and oxygen atoms in total. The molecule has 0 aliphatic heterocycles. The Labute approximate surface area is 152 Å². The Balaban J connectivity index is 0.000000190. The van der Waals surface area contributed by atoms with Gasteiger partial charge in [0.25, 0.3) is 11.4 Å². The van der Waals surface area contributed by atoms with Crippen molar-refractivity contribution in [3.8, 4) is 5.75 Å². The van der Waals surface area contributed by atoms with Crippen LogP contribution in [0.1, 0.15) is 0 Å². The van der Waals surface area contributed by atoms with Gasteiger partial charge in [0.1, 0.15) is 15.8 Å². The van der Waals surface area contributed by atoms with Gasteiger partial charge in [-0.3, -0.25) is 25.2 Å². The third-order valence-electron chi connectivity index (χ3n) is 2.98. The largest absolute Gasteiger partial charge is 0.506 e. The third-order valence-corrected chi connectivity index (χ3v) is 3.58. The minimum Gasteiger partial charge on any atom is -0.506 e. The second-order valence-corrected chi connectivity index (χ2v) is 5.51. The minimum absolute atomic E-state index is 0.0191. The number of phenols is 1. The summed E-state index contributed by atoms with van der Waals surface area (Å²) in [5.74, 6) is -1.01. The molecule has 0 aliphatic carbocycles. The number of aromatic amines is 1. The van der Waals surface area contributed by atoms with Crippen molar-refractivity contribution in [1.29, 1.82) is 0 Å². The van der Waals surface area contributed by atoms with Crippen molar-refractivity contribution in [2.45, 2.75) is 0 Å². The zero-order chi connectivity index (χ0) is 19.6. The molecule has 0 amide bonds. The molecule has 26 heavy (non-hydrogen) atoms. The Kier molecular flexibility index (Phi) is 5.33. The number of nitrogens with zero attached hydrogens (tertiary/aromatic N) is 2. The standard InChI is InChI=1S/C7H3ClN2O4.C6H5ClN2O3/c8-3-1-4-6(14-7(11)9-4)2-5(3)10(12)13;7-3-1-4(8)6(10)2-5(3)9(11)12/h1-2H,(H,9,11);1-2,10H,8H2. The van der Waals surface area contributed by atoms with Crippen LogP contribution in [0.5, 0.6) is 5.75 Å². The van der Waals surface area contributed by atoms with Gasteiger partial charge < -0.3 is 15.3 Å². The normalized spacial score (nSPS) is 10.2. The lowest BCUT2D eigenvalue weighted by molar-refractivity contribution is -0.384. The molecule has 1 aromatic heterocycles. The van der Waals surface area contributed by atoms with E-state index in [0.717, 1.165) is 18.2 Å². The third kappa shape index (κ3) is 4.02. The second kappa shape index (κ2) is 7.29. The highest BCUT2D eigenvalue weighted by atomic mass is 35.5. The number of nitro groups is 2. The van der Waals surface area contributed by atoms with Gasteiger partial charge in [0.05, 0.1) is 33.2 Å². The smallest absolute Gasteiger partial charge is 0.417 e. The predicted octanol–water partition coefficient (Wildman–Crippen LogP) is 3.22. The number of H-pyrrole nitrogens is 1. The molecule has 0 atom stereocenters. The number of anilines is 1. The molecule has 4 N–H and O–H groups in total. The second-order valence-electron chi connectivity index (χ2n) is 4.69. The van der Waals surface area contributed by atoms with Gasteiger partial charge in [0, 0.05) is 0 Å². The number of hydrogen-bond acceptors (Lipinski definition) is 8. The van der Waals surface area contributed by atoms with E-state index in [9.17, 15) is 25.0 Å². The summed E-state index contributed by atoms with van der Waals surface area (Å²) in [5, 5.41) is 29.6. The van der Waals surface area contributed by atoms with E-state index in [-0.39, 0.29) is 38.4 Å². The molecule has 136 valence electrons. The summed E-state index contributed by atoms with van der Waals surface area (Å²) >= 11 is 11.1. The summed E-state index contributed by atoms with van der Waals surface area (Å²) in [7, 11) is 0. The van der Waals surface area contributed by atoms with Crippen molar-refractivity contribution in [2.75, 3.05) is 5.73 Å². The van der Waals surface area contributed by atoms with Crippen LogP contribution in [0, 0.1) is 20.2 Å². The van der Waals surface area contributed by atoms with E-state index >= 15 is 0 Å². The van der Waals surface area contributed by atoms with Gasteiger partial charge in [0.15, 0.2) is 5.58 Å². The minimum atomic E-state index is -0.693. The molecular formula is C13H8Cl2N4O7. The van der Waals surface area contributed by atoms with E-state index in [1.807, 2.05) is 0 Å². The van der Waals surface area contributed by atoms with Gasteiger partial charge in [-0.05, 0) is 12.1 Å². The van der Waals surface area contributed by atoms with E-state index in [1.165, 1.54) is 6.07 Å². The number of nitro benzene ring substituents is 2. The number of oxazole rings is 1. The summed E-state index contributed by atoms with van der Waals surface area (Å²) in [6.45, 7) is 0. The van der Waals surface area contributed by atoms with Crippen LogP contribution in [0.3, 0.4) is 0 Å². The van der Waals surface area contributed by atoms with E-state index in [0.29, 0.717) is 5.52 Å². The summed E-state index contributed by atoms with van der Waals surface area (Å²) in [4.78, 5) is 32.5. The van der Waals surface area contributed by atoms with Crippen molar-refractivity contribution in [3.05, 3.63) is 65.1 Å². The number of nitrogen functional groups attached to an aromatic ring is 1. The molecule has 3 aromatic rings. The molecule has 0 saturated carbocycles. The highest BCUT2D eigenvalue weighted by molar-refractivity contribution is 6.33. The fourth-order valence-corrected chi connectivity index (χ4v) is 2.28. The van der Waals surface area contributed by atoms with E-state index in [1.54, 1.807) is 0 Å². The average molecular weight is 403 g/mol. The lowest BCUT2D eigenvalue weighted by atomic mass is 10.2. The molecular weight excluding hydrogens is 395 g/mol. The van der Waals surface area contributed by atoms with Gasteiger partial charge in [-0.1, -0.05) is 23.2 Å². The molecule has 0 saturated heterocycles. The number of aromatic nitrogens is 1. The lowest BCUT2D eigenvalue weighted by Crippen LogP contribution is -1.92. The van der Waals surface area contributed by atoms with Crippen molar-refractivity contribution < 1.29 is 19.4 Å². The van der Waals surface area contributed by atoms with Crippen LogP contribution in [0.25, 0.3) is 11.1 Å². The monoisotopic (exact) mass is 402 g/mol. The quantitative estimate of drug-likeness (QED) is 0.252. The van der Waals surface area contributed by atoms with Crippen LogP contribution in [-0.2, 0) is 0 Å². The first-order valence-corrected chi connectivity index (χ1v) is 7.25. The first-order chi connectivity index (χ1) is 12.1. The fraction of sp³-hybridized carbons (Fsp3) is 0. The van der Waals surface area contributed by atoms with Crippen LogP contribution in [-0.4, -0.2) is 19.9 Å². The van der Waals surface area contributed by atoms with Gasteiger partial charge in [-0.2, -0.15) is 0 Å². The zero-order valence-electron chi connectivity index (χ0n) is 12.4. The van der Waals surface area contributed by atoms with Gasteiger partial charge in [-0.25, -0.2) is 4.79 Å². The van der Waals surface area contributed by atoms with Crippen LogP contribution in [0.15, 0.2) is 33.5 Å². The molecule has 0 aliphatic rings. The van der Waals surface area contributed by atoms with Gasteiger partial charge in [0.2, 0.25) is 0 Å². The van der Waals surface area contributed by atoms with Gasteiger partial charge >= 0.3 is 5.76 Å². The summed E-state index contributed by atoms with van der Waals surface area (Å²) in [6.07, 6.45) is 0. The molecule has 0 bridgehead atoms. The average Bonchev–Trinajstić information content (AvgIpc) is 2.89. The number of aromatic hydroxyl groups is 1. The number of rotatable bonds is 2. The molecule has 0 fully saturated rings. The molecule has 0 radical (unpaired) electrons. The Bertz CT molecular complexity index is 1080. The Morgan fingerprint density at radius 1 is 1.04 bits per heavy atom. The maximum Gasteiger partial charge on any atom is 0.417 e. The van der Waals surface area contributed by atoms with E-state index in [2.05, 4.69) is 9.40 Å². The summed E-state index contributed by atoms with van der Waals surface area (Å²) in [6, 6.07) is 4.43. The highest BCUT2D eigenvalue weighted by Gasteiger charge is 2.16. The Morgan fingerprint density at radius 3 is 2.15 bits per heavy atom. The Hall–Kier alpha value is -3.31. The van der Waals surface area contributed by atoms with Crippen molar-refractivity contribution in [3.63, 3.8) is 0 Å². The maximum absolute atomic E-state index is 10.7. The first kappa shape index (κ1) is 19.0. The maximum atomic E-state index is 10.7. The van der Waals surface area contributed by atoms with E-state index < -0.39 is 15.6 Å². The van der Waals surface area contributed by atoms with Gasteiger partial charge in [-0.15, -0.1) is 0 Å². The number of nitrogens with two attached hydrogens (primary N) is 1. The molecule has 1 heterocycles. The number of nitrogens with one attached hydrogen (secondary N) is 1. The number of hydrogen-bond donors (Lipinski definition) is 3. The zero-order valence-corrected chi connectivity index (χ0v) is 13.9. The fourth-order valence-electron chi connectivity index (χ4n) is 1.81. The van der Waals surface area contributed by atoms with Crippen LogP contribution in [0.4, 0.5) is 17.1 Å². The topological polar surface area (TPSA) is 179 Å². The van der Waals surface area contributed by atoms with E-state index in [4.69, 9.17) is 34.0 Å². The van der Waals surface area contributed by atoms with Crippen LogP contribution < -0.4 is 11.5 Å². The molecule has 0 unspecified atom stereocenters. The highest BCUT2D eigenvalue weighted by Crippen LogP contribution is 2.32. The molecule has 3 rings (SSSR count). The molecule has 0 spiro atoms. The molecule has 13 heteroatoms. The number of fused-ring (bicyclic) bond motifs is 1. The number of benzene rings is 2. The SMILES string of the molecule is Nc1cc(Cl)c([N+](=O)[O-])cc1O.O=c1[nH]c2cc(Cl)c([N+](=O)[O-])cc2o1. The van der Waals surface area contributed by atoms with Crippen molar-refractivity contribution >= 4 is 51.4 Å². The number of halogens is 2. The number of phenolic OH excluding ortho intramolecular Hbond substituents is 1. The van der Waals surface area contributed by atoms with Crippen LogP contribution in [0.2, 0.25) is 10.0 Å². The molecule has 2 aromatic carbocycles. The van der Waals surface area contributed by atoms with Crippen molar-refractivity contribution in [2.24, 2.45) is 0 Å². The summed E-state index contributed by atoms with van der Waals surface area (Å²) in [5.41, 5.74) is 5.06. The Morgan fingerprint density at radius 2 is 1.58 bits per heavy atom. The first-order valence-electron chi connectivity index (χ1n) is 6.49. The van der Waals surface area contributed by atoms with Crippen LogP contribution >= 0.6 is 23.2 Å². The summed E-state index contributed by atoms with van der Waals surface area (Å²) < 4.78 is 4.64.